The van der Waals surface area contributed by atoms with E-state index in [-0.39, 0.29) is 5.91 Å². The quantitative estimate of drug-likeness (QED) is 0.850. The Morgan fingerprint density at radius 2 is 1.84 bits per heavy atom. The van der Waals surface area contributed by atoms with Gasteiger partial charge in [0.2, 0.25) is 0 Å². The molecule has 1 aromatic heterocycles. The van der Waals surface area contributed by atoms with Crippen molar-refractivity contribution < 1.29 is 4.79 Å². The summed E-state index contributed by atoms with van der Waals surface area (Å²) >= 11 is 0. The normalized spacial score (nSPS) is 10.2. The van der Waals surface area contributed by atoms with E-state index in [0.29, 0.717) is 17.8 Å². The smallest absolute Gasteiger partial charge is 0.261 e. The highest BCUT2D eigenvalue weighted by molar-refractivity contribution is 6.05. The van der Waals surface area contributed by atoms with Gasteiger partial charge in [-0.3, -0.25) is 4.79 Å². The third-order valence-corrected chi connectivity index (χ3v) is 2.70. The van der Waals surface area contributed by atoms with Gasteiger partial charge in [0.1, 0.15) is 6.33 Å². The summed E-state index contributed by atoms with van der Waals surface area (Å²) in [4.78, 5) is 21.9. The second-order valence-corrected chi connectivity index (χ2v) is 4.18. The van der Waals surface area contributed by atoms with Gasteiger partial charge < -0.3 is 10.6 Å². The van der Waals surface area contributed by atoms with E-state index in [2.05, 4.69) is 9.97 Å². The molecular weight excluding hydrogens is 240 g/mol. The summed E-state index contributed by atoms with van der Waals surface area (Å²) in [5, 5.41) is 0. The first-order valence-corrected chi connectivity index (χ1v) is 6.14. The van der Waals surface area contributed by atoms with Crippen LogP contribution < -0.4 is 10.6 Å². The van der Waals surface area contributed by atoms with Crippen LogP contribution in [0.15, 0.2) is 43.0 Å². The number of benzene rings is 1. The minimum absolute atomic E-state index is 0.104. The minimum atomic E-state index is -0.104. The first-order chi connectivity index (χ1) is 9.22. The van der Waals surface area contributed by atoms with E-state index < -0.39 is 0 Å². The van der Waals surface area contributed by atoms with Crippen LogP contribution in [0.5, 0.6) is 0 Å². The van der Waals surface area contributed by atoms with E-state index in [9.17, 15) is 4.79 Å². The second-order valence-electron chi connectivity index (χ2n) is 4.18. The number of nitrogen functional groups attached to an aromatic ring is 1. The molecule has 1 amide bonds. The maximum Gasteiger partial charge on any atom is 0.261 e. The Morgan fingerprint density at radius 3 is 2.42 bits per heavy atom. The van der Waals surface area contributed by atoms with Crippen molar-refractivity contribution in [1.29, 1.82) is 0 Å². The average molecular weight is 256 g/mol. The van der Waals surface area contributed by atoms with Gasteiger partial charge >= 0.3 is 0 Å². The van der Waals surface area contributed by atoms with Crippen LogP contribution in [0.25, 0.3) is 0 Å². The third kappa shape index (κ3) is 3.07. The van der Waals surface area contributed by atoms with Crippen LogP contribution in [0.3, 0.4) is 0 Å². The lowest BCUT2D eigenvalue weighted by molar-refractivity contribution is 0.0986. The lowest BCUT2D eigenvalue weighted by atomic mass is 10.2. The van der Waals surface area contributed by atoms with Crippen molar-refractivity contribution in [3.8, 4) is 0 Å². The van der Waals surface area contributed by atoms with Crippen molar-refractivity contribution in [2.75, 3.05) is 17.2 Å². The fourth-order valence-corrected chi connectivity index (χ4v) is 1.79. The molecule has 0 fully saturated rings. The largest absolute Gasteiger partial charge is 0.399 e. The number of amides is 1. The number of nitrogens with zero attached hydrogens (tertiary/aromatic N) is 3. The molecule has 0 atom stereocenters. The lowest BCUT2D eigenvalue weighted by Crippen LogP contribution is -2.31. The number of rotatable bonds is 4. The van der Waals surface area contributed by atoms with Crippen molar-refractivity contribution in [1.82, 2.24) is 9.97 Å². The molecule has 1 heterocycles. The molecule has 0 unspecified atom stereocenters. The van der Waals surface area contributed by atoms with Gasteiger partial charge in [-0.1, -0.05) is 6.92 Å². The summed E-state index contributed by atoms with van der Waals surface area (Å²) < 4.78 is 0. The predicted molar refractivity (Wildman–Crippen MR) is 74.9 cm³/mol. The highest BCUT2D eigenvalue weighted by Gasteiger charge is 2.17. The summed E-state index contributed by atoms with van der Waals surface area (Å²) in [6, 6.07) is 7.25. The van der Waals surface area contributed by atoms with Crippen LogP contribution in [0.1, 0.15) is 23.7 Å². The molecule has 0 aliphatic heterocycles. The molecule has 5 heteroatoms. The van der Waals surface area contributed by atoms with Crippen molar-refractivity contribution >= 4 is 17.3 Å². The van der Waals surface area contributed by atoms with E-state index in [0.717, 1.165) is 12.1 Å². The SMILES string of the molecule is CCCN(C(=O)c1cncnc1)c1ccc(N)cc1. The lowest BCUT2D eigenvalue weighted by Gasteiger charge is -2.22. The molecule has 0 saturated carbocycles. The zero-order valence-electron chi connectivity index (χ0n) is 10.8. The van der Waals surface area contributed by atoms with Crippen LogP contribution in [0.4, 0.5) is 11.4 Å². The maximum absolute atomic E-state index is 12.4. The maximum atomic E-state index is 12.4. The topological polar surface area (TPSA) is 72.1 Å². The van der Waals surface area contributed by atoms with Crippen molar-refractivity contribution in [2.24, 2.45) is 0 Å². The third-order valence-electron chi connectivity index (χ3n) is 2.70. The summed E-state index contributed by atoms with van der Waals surface area (Å²) in [6.45, 7) is 2.66. The Labute approximate surface area is 112 Å². The number of nitrogens with two attached hydrogens (primary N) is 1. The average Bonchev–Trinajstić information content (AvgIpc) is 2.46. The Balaban J connectivity index is 2.30. The van der Waals surface area contributed by atoms with Crippen LogP contribution in [-0.2, 0) is 0 Å². The molecule has 0 aliphatic rings. The number of carbonyl (C=O) groups excluding carboxylic acids is 1. The Kier molecular flexibility index (Phi) is 4.07. The number of hydrogen-bond acceptors (Lipinski definition) is 4. The zero-order chi connectivity index (χ0) is 13.7. The standard InChI is InChI=1S/C14H16N4O/c1-2-7-18(13-5-3-12(15)4-6-13)14(19)11-8-16-10-17-9-11/h3-6,8-10H,2,7,15H2,1H3. The van der Waals surface area contributed by atoms with E-state index in [1.54, 1.807) is 17.0 Å². The highest BCUT2D eigenvalue weighted by Crippen LogP contribution is 2.18. The molecule has 0 aliphatic carbocycles. The number of anilines is 2. The molecule has 0 spiro atoms. The van der Waals surface area contributed by atoms with Gasteiger partial charge in [0, 0.05) is 30.3 Å². The summed E-state index contributed by atoms with van der Waals surface area (Å²) in [5.74, 6) is -0.104. The molecule has 0 radical (unpaired) electrons. The molecule has 0 saturated heterocycles. The number of carbonyl (C=O) groups is 1. The van der Waals surface area contributed by atoms with Crippen molar-refractivity contribution in [3.05, 3.63) is 48.5 Å². The van der Waals surface area contributed by atoms with Crippen molar-refractivity contribution in [2.45, 2.75) is 13.3 Å². The molecule has 1 aromatic carbocycles. The van der Waals surface area contributed by atoms with Gasteiger partial charge in [0.25, 0.3) is 5.91 Å². The van der Waals surface area contributed by atoms with Crippen LogP contribution in [-0.4, -0.2) is 22.4 Å². The monoisotopic (exact) mass is 256 g/mol. The molecule has 19 heavy (non-hydrogen) atoms. The van der Waals surface area contributed by atoms with E-state index in [4.69, 9.17) is 5.73 Å². The Hall–Kier alpha value is -2.43. The van der Waals surface area contributed by atoms with Gasteiger partial charge in [0.15, 0.2) is 0 Å². The van der Waals surface area contributed by atoms with Crippen LogP contribution in [0, 0.1) is 0 Å². The van der Waals surface area contributed by atoms with Crippen molar-refractivity contribution in [3.63, 3.8) is 0 Å². The number of aromatic nitrogens is 2. The van der Waals surface area contributed by atoms with E-state index >= 15 is 0 Å². The molecule has 2 rings (SSSR count). The summed E-state index contributed by atoms with van der Waals surface area (Å²) in [5.41, 5.74) is 7.64. The van der Waals surface area contributed by atoms with Gasteiger partial charge in [-0.05, 0) is 30.7 Å². The highest BCUT2D eigenvalue weighted by atomic mass is 16.2. The first-order valence-electron chi connectivity index (χ1n) is 6.14. The fourth-order valence-electron chi connectivity index (χ4n) is 1.79. The Morgan fingerprint density at radius 1 is 1.21 bits per heavy atom. The minimum Gasteiger partial charge on any atom is -0.399 e. The molecule has 2 aromatic rings. The second kappa shape index (κ2) is 5.95. The molecule has 5 nitrogen and oxygen atoms in total. The Bertz CT molecular complexity index is 539. The van der Waals surface area contributed by atoms with Gasteiger partial charge in [0.05, 0.1) is 5.56 Å². The van der Waals surface area contributed by atoms with Gasteiger partial charge in [-0.15, -0.1) is 0 Å². The fraction of sp³-hybridized carbons (Fsp3) is 0.214. The summed E-state index contributed by atoms with van der Waals surface area (Å²) in [6.07, 6.45) is 5.32. The first kappa shape index (κ1) is 13.0. The zero-order valence-corrected chi connectivity index (χ0v) is 10.8. The molecule has 98 valence electrons. The molecule has 0 bridgehead atoms. The molecular formula is C14H16N4O. The predicted octanol–water partition coefficient (Wildman–Crippen LogP) is 2.12. The summed E-state index contributed by atoms with van der Waals surface area (Å²) in [7, 11) is 0. The van der Waals surface area contributed by atoms with Crippen LogP contribution in [0.2, 0.25) is 0 Å². The van der Waals surface area contributed by atoms with E-state index in [1.165, 1.54) is 18.7 Å². The van der Waals surface area contributed by atoms with Gasteiger partial charge in [-0.2, -0.15) is 0 Å². The van der Waals surface area contributed by atoms with Crippen LogP contribution >= 0.6 is 0 Å². The van der Waals surface area contributed by atoms with Gasteiger partial charge in [-0.25, -0.2) is 9.97 Å². The molecule has 2 N–H and O–H groups in total. The number of hydrogen-bond donors (Lipinski definition) is 1. The van der Waals surface area contributed by atoms with E-state index in [1.807, 2.05) is 19.1 Å².